The molecule has 0 unspecified atom stereocenters. The van der Waals surface area contributed by atoms with Crippen LogP contribution in [-0.2, 0) is 24.4 Å². The predicted molar refractivity (Wildman–Crippen MR) is 249 cm³/mol. The second-order valence-electron chi connectivity index (χ2n) is 16.8. The first-order valence-electron chi connectivity index (χ1n) is 22.6. The topological polar surface area (TPSA) is 270 Å². The second-order valence-corrected chi connectivity index (χ2v) is 16.8. The van der Waals surface area contributed by atoms with Crippen LogP contribution < -0.4 is 36.9 Å². The quantitative estimate of drug-likeness (QED) is 0.0733. The van der Waals surface area contributed by atoms with E-state index < -0.39 is 23.6 Å². The minimum atomic E-state index is -0.684. The van der Waals surface area contributed by atoms with Crippen molar-refractivity contribution in [3.63, 3.8) is 0 Å². The van der Waals surface area contributed by atoms with Crippen molar-refractivity contribution in [3.8, 4) is 11.5 Å². The van der Waals surface area contributed by atoms with Crippen LogP contribution in [-0.4, -0.2) is 138 Å². The van der Waals surface area contributed by atoms with Gasteiger partial charge in [0.15, 0.2) is 0 Å². The second kappa shape index (κ2) is 19.6. The highest BCUT2D eigenvalue weighted by Gasteiger charge is 2.30. The fraction of sp³-hybridized carbons (Fsp3) is 0.444. The van der Waals surface area contributed by atoms with E-state index >= 15 is 0 Å². The van der Waals surface area contributed by atoms with Gasteiger partial charge in [0.1, 0.15) is 40.5 Å². The van der Waals surface area contributed by atoms with Crippen LogP contribution in [0.25, 0.3) is 22.1 Å². The van der Waals surface area contributed by atoms with E-state index in [4.69, 9.17) is 30.9 Å². The van der Waals surface area contributed by atoms with E-state index in [0.717, 1.165) is 26.2 Å². The molecule has 2 aliphatic rings. The summed E-state index contributed by atoms with van der Waals surface area (Å²) in [6, 6.07) is 9.32. The normalized spacial score (nSPS) is 14.9. The summed E-state index contributed by atoms with van der Waals surface area (Å²) in [5.41, 5.74) is 15.8. The number of hydrogen-bond donors (Lipinski definition) is 5. The molecule has 22 heteroatoms. The molecule has 0 radical (unpaired) electrons. The Labute approximate surface area is 385 Å². The Bertz CT molecular complexity index is 2870. The lowest BCUT2D eigenvalue weighted by Gasteiger charge is -2.28. The van der Waals surface area contributed by atoms with E-state index in [9.17, 15) is 24.0 Å². The van der Waals surface area contributed by atoms with Gasteiger partial charge in [0.25, 0.3) is 11.8 Å². The van der Waals surface area contributed by atoms with Crippen LogP contribution in [0.5, 0.6) is 11.5 Å². The van der Waals surface area contributed by atoms with E-state index in [1.54, 1.807) is 57.7 Å². The molecule has 4 aromatic heterocycles. The number of fused-ring (bicyclic) bond motifs is 1. The number of ether oxygens (including phenoxy) is 2. The van der Waals surface area contributed by atoms with Gasteiger partial charge in [-0.15, -0.1) is 0 Å². The number of carbonyl (C=O) groups excluding carboxylic acids is 5. The number of piperazine rings is 1. The molecule has 354 valence electrons. The number of nitrogens with one attached hydrogen (secondary N) is 3. The minimum Gasteiger partial charge on any atom is -0.491 e. The largest absolute Gasteiger partial charge is 0.491 e. The molecule has 0 saturated carbocycles. The molecule has 1 atom stereocenters. The molecule has 8 rings (SSSR count). The van der Waals surface area contributed by atoms with Crippen LogP contribution in [0.1, 0.15) is 92.2 Å². The van der Waals surface area contributed by atoms with Crippen LogP contribution in [0, 0.1) is 13.8 Å². The van der Waals surface area contributed by atoms with Gasteiger partial charge in [-0.1, -0.05) is 0 Å². The van der Waals surface area contributed by atoms with Gasteiger partial charge in [0.2, 0.25) is 29.6 Å². The molecular weight excluding hydrogens is 863 g/mol. The number of imidazole rings is 2. The molecule has 1 fully saturated rings. The van der Waals surface area contributed by atoms with E-state index in [1.165, 1.54) is 0 Å². The summed E-state index contributed by atoms with van der Waals surface area (Å²) in [7, 11) is 1.77. The van der Waals surface area contributed by atoms with Gasteiger partial charge in [0, 0.05) is 70.5 Å². The molecule has 0 bridgehead atoms. The summed E-state index contributed by atoms with van der Waals surface area (Å²) >= 11 is 0. The third-order valence-corrected chi connectivity index (χ3v) is 12.1. The average Bonchev–Trinajstić information content (AvgIpc) is 4.08. The van der Waals surface area contributed by atoms with Crippen molar-refractivity contribution in [2.75, 3.05) is 70.2 Å². The Balaban J connectivity index is 1.09. The standard InChI is InChI=1S/C45H57N15O7/c1-6-58-33(18-26(3)53-58)42(64)51-44-49-31-20-28(40(46)62)22-35(66-17-9-13-55(5)37(61)24-56-15-11-48-12-16-56)38(31)57(44)14-8-10-30-25-67-36-23-29(41(47)63)21-32-39(36)60(30)45(50-32)52-43(65)34-19-27(4)54-59(34)7-2/h18-23,30,48H,6-17,24-25H2,1-5H3,(H2,46,62)(H2,47,63)(H,49,51,64)(H,50,52,65)/t30-/m0/s1. The zero-order valence-corrected chi connectivity index (χ0v) is 38.4. The molecule has 1 saturated heterocycles. The number of likely N-dealkylation sites (N-methyl/N-ethyl adjacent to an activating group) is 1. The lowest BCUT2D eigenvalue weighted by molar-refractivity contribution is -0.131. The van der Waals surface area contributed by atoms with Crippen LogP contribution in [0.15, 0.2) is 36.4 Å². The van der Waals surface area contributed by atoms with Crippen LogP contribution in [0.3, 0.4) is 0 Å². The molecule has 0 spiro atoms. The fourth-order valence-electron chi connectivity index (χ4n) is 8.70. The Morgan fingerprint density at radius 1 is 0.821 bits per heavy atom. The number of rotatable bonds is 19. The smallest absolute Gasteiger partial charge is 0.276 e. The van der Waals surface area contributed by atoms with Crippen molar-refractivity contribution in [1.82, 2.24) is 53.8 Å². The molecule has 67 heavy (non-hydrogen) atoms. The van der Waals surface area contributed by atoms with Gasteiger partial charge in [-0.25, -0.2) is 9.97 Å². The van der Waals surface area contributed by atoms with E-state index in [1.807, 2.05) is 36.8 Å². The zero-order chi connectivity index (χ0) is 47.5. The fourth-order valence-corrected chi connectivity index (χ4v) is 8.70. The van der Waals surface area contributed by atoms with Crippen molar-refractivity contribution in [2.45, 2.75) is 72.6 Å². The molecule has 6 aromatic rings. The number of anilines is 2. The summed E-state index contributed by atoms with van der Waals surface area (Å²) in [6.45, 7) is 13.1. The third kappa shape index (κ3) is 9.80. The predicted octanol–water partition coefficient (Wildman–Crippen LogP) is 2.68. The van der Waals surface area contributed by atoms with Gasteiger partial charge in [-0.05, 0) is 83.4 Å². The van der Waals surface area contributed by atoms with Gasteiger partial charge in [-0.2, -0.15) is 10.2 Å². The van der Waals surface area contributed by atoms with E-state index in [0.29, 0.717) is 108 Å². The number of benzene rings is 2. The molecule has 5 amide bonds. The van der Waals surface area contributed by atoms with Crippen LogP contribution in [0.2, 0.25) is 0 Å². The highest BCUT2D eigenvalue weighted by molar-refractivity contribution is 6.05. The SMILES string of the molecule is CCn1nc(C)cc1C(=O)Nc1nc2cc(C(N)=O)cc(OCCCN(C)C(=O)CN3CCNCC3)c2n1CCC[C@H]1COc2cc(C(N)=O)cc3nc(NC(=O)c4cc(C)nn4CC)n1c23. The van der Waals surface area contributed by atoms with Crippen molar-refractivity contribution in [3.05, 3.63) is 70.3 Å². The number of aryl methyl sites for hydroxylation is 5. The molecular formula is C45H57N15O7. The average molecular weight is 920 g/mol. The van der Waals surface area contributed by atoms with Crippen molar-refractivity contribution in [2.24, 2.45) is 11.5 Å². The number of primary amides is 2. The van der Waals surface area contributed by atoms with Crippen LogP contribution in [0.4, 0.5) is 11.9 Å². The number of aromatic nitrogens is 8. The molecule has 22 nitrogen and oxygen atoms in total. The lowest BCUT2D eigenvalue weighted by Crippen LogP contribution is -2.48. The zero-order valence-electron chi connectivity index (χ0n) is 38.4. The van der Waals surface area contributed by atoms with Gasteiger partial charge in [-0.3, -0.25) is 48.9 Å². The minimum absolute atomic E-state index is 0.0188. The third-order valence-electron chi connectivity index (χ3n) is 12.1. The Hall–Kier alpha value is -7.33. The monoisotopic (exact) mass is 919 g/mol. The maximum atomic E-state index is 13.9. The van der Waals surface area contributed by atoms with Gasteiger partial charge in [0.05, 0.1) is 41.6 Å². The molecule has 2 aromatic carbocycles. The number of amides is 5. The van der Waals surface area contributed by atoms with Crippen molar-refractivity contribution in [1.29, 1.82) is 0 Å². The lowest BCUT2D eigenvalue weighted by atomic mass is 10.1. The highest BCUT2D eigenvalue weighted by atomic mass is 16.5. The van der Waals surface area contributed by atoms with Crippen molar-refractivity contribution < 1.29 is 33.4 Å². The molecule has 2 aliphatic heterocycles. The number of nitrogens with two attached hydrogens (primary N) is 2. The van der Waals surface area contributed by atoms with Gasteiger partial charge >= 0.3 is 0 Å². The van der Waals surface area contributed by atoms with Gasteiger partial charge < -0.3 is 40.3 Å². The highest BCUT2D eigenvalue weighted by Crippen LogP contribution is 2.39. The first-order valence-corrected chi connectivity index (χ1v) is 22.6. The number of carbonyl (C=O) groups is 5. The summed E-state index contributed by atoms with van der Waals surface area (Å²) < 4.78 is 19.6. The maximum absolute atomic E-state index is 13.9. The van der Waals surface area contributed by atoms with E-state index in [2.05, 4.69) is 31.0 Å². The maximum Gasteiger partial charge on any atom is 0.276 e. The van der Waals surface area contributed by atoms with Crippen LogP contribution >= 0.6 is 0 Å². The molecule has 7 N–H and O–H groups in total. The Kier molecular flexibility index (Phi) is 13.5. The number of nitrogens with zero attached hydrogens (tertiary/aromatic N) is 10. The summed E-state index contributed by atoms with van der Waals surface area (Å²) in [4.78, 5) is 79.1. The van der Waals surface area contributed by atoms with E-state index in [-0.39, 0.29) is 48.2 Å². The summed E-state index contributed by atoms with van der Waals surface area (Å²) in [6.07, 6.45) is 1.46. The first kappa shape index (κ1) is 46.2. The summed E-state index contributed by atoms with van der Waals surface area (Å²) in [5, 5.41) is 18.2. The Morgan fingerprint density at radius 2 is 1.42 bits per heavy atom. The van der Waals surface area contributed by atoms with Crippen molar-refractivity contribution >= 4 is 63.5 Å². The summed E-state index contributed by atoms with van der Waals surface area (Å²) in [5.74, 6) is -0.960. The molecule has 0 aliphatic carbocycles. The Morgan fingerprint density at radius 3 is 2.04 bits per heavy atom. The first-order chi connectivity index (χ1) is 32.2. The number of hydrogen-bond acceptors (Lipinski definition) is 13. The molecule has 6 heterocycles.